The van der Waals surface area contributed by atoms with Gasteiger partial charge >= 0.3 is 7.12 Å². The fourth-order valence-corrected chi connectivity index (χ4v) is 4.10. The second kappa shape index (κ2) is 5.19. The van der Waals surface area contributed by atoms with Crippen molar-refractivity contribution in [2.24, 2.45) is 0 Å². The summed E-state index contributed by atoms with van der Waals surface area (Å²) in [6.07, 6.45) is 2.47. The molecule has 1 fully saturated rings. The Labute approximate surface area is 140 Å². The fourth-order valence-electron chi connectivity index (χ4n) is 2.57. The summed E-state index contributed by atoms with van der Waals surface area (Å²) in [6, 6.07) is 4.23. The van der Waals surface area contributed by atoms with Crippen molar-refractivity contribution in [2.45, 2.75) is 45.8 Å². The van der Waals surface area contributed by atoms with Crippen LogP contribution < -0.4 is 5.46 Å². The lowest BCUT2D eigenvalue weighted by Crippen LogP contribution is -2.41. The van der Waals surface area contributed by atoms with E-state index in [0.29, 0.717) is 6.37 Å². The van der Waals surface area contributed by atoms with E-state index in [1.807, 2.05) is 10.6 Å². The third-order valence-electron chi connectivity index (χ3n) is 4.56. The first-order valence-electron chi connectivity index (χ1n) is 6.96. The average Bonchev–Trinajstić information content (AvgIpc) is 2.88. The SMILES string of the molecule is Cc1ccc2cnn(PI)c2c1B1OC(C)(C)C(C)(C)O1. The number of benzene rings is 1. The average molecular weight is 416 g/mol. The molecule has 0 N–H and O–H groups in total. The molecule has 112 valence electrons. The van der Waals surface area contributed by atoms with Crippen LogP contribution >= 0.6 is 28.4 Å². The molecular formula is C14H19BIN2O2P. The van der Waals surface area contributed by atoms with Gasteiger partial charge in [-0.05, 0) is 62.2 Å². The molecule has 1 aromatic heterocycles. The Kier molecular flexibility index (Phi) is 3.88. The van der Waals surface area contributed by atoms with Gasteiger partial charge in [-0.3, -0.25) is 0 Å². The lowest BCUT2D eigenvalue weighted by Gasteiger charge is -2.32. The molecule has 21 heavy (non-hydrogen) atoms. The van der Waals surface area contributed by atoms with E-state index in [0.717, 1.165) is 16.4 Å². The second-order valence-electron chi connectivity index (χ2n) is 6.46. The summed E-state index contributed by atoms with van der Waals surface area (Å²) in [5.41, 5.74) is 2.75. The number of aromatic nitrogens is 2. The van der Waals surface area contributed by atoms with Crippen molar-refractivity contribution in [3.8, 4) is 0 Å². The highest BCUT2D eigenvalue weighted by Crippen LogP contribution is 2.38. The monoisotopic (exact) mass is 416 g/mol. The summed E-state index contributed by atoms with van der Waals surface area (Å²) in [7, 11) is -0.345. The van der Waals surface area contributed by atoms with E-state index in [9.17, 15) is 0 Å². The third-order valence-corrected chi connectivity index (χ3v) is 6.43. The number of rotatable bonds is 2. The molecule has 1 saturated heterocycles. The zero-order chi connectivity index (χ0) is 15.4. The van der Waals surface area contributed by atoms with Gasteiger partial charge in [-0.15, -0.1) is 0 Å². The van der Waals surface area contributed by atoms with Gasteiger partial charge in [-0.2, -0.15) is 5.10 Å². The Bertz CT molecular complexity index is 686. The van der Waals surface area contributed by atoms with Gasteiger partial charge < -0.3 is 9.31 Å². The molecule has 1 aliphatic rings. The van der Waals surface area contributed by atoms with Crippen LogP contribution in [0.5, 0.6) is 0 Å². The number of hydrogen-bond acceptors (Lipinski definition) is 3. The summed E-state index contributed by atoms with van der Waals surface area (Å²) in [5.74, 6) is 0. The third kappa shape index (κ3) is 2.44. The highest BCUT2D eigenvalue weighted by Gasteiger charge is 2.52. The highest BCUT2D eigenvalue weighted by atomic mass is 127. The van der Waals surface area contributed by atoms with Crippen LogP contribution in [0.2, 0.25) is 0 Å². The second-order valence-corrected chi connectivity index (χ2v) is 8.50. The van der Waals surface area contributed by atoms with Crippen LogP contribution in [-0.4, -0.2) is 27.9 Å². The largest absolute Gasteiger partial charge is 0.497 e. The van der Waals surface area contributed by atoms with E-state index in [1.165, 1.54) is 5.56 Å². The zero-order valence-electron chi connectivity index (χ0n) is 12.9. The number of hydrogen-bond donors (Lipinski definition) is 0. The van der Waals surface area contributed by atoms with Crippen molar-refractivity contribution < 1.29 is 9.31 Å². The Morgan fingerprint density at radius 1 is 1.19 bits per heavy atom. The highest BCUT2D eigenvalue weighted by molar-refractivity contribution is 14.2. The molecule has 2 aromatic rings. The standard InChI is InChI=1S/C14H19BIN2O2P/c1-9-6-7-10-8-17-18(21-16)12(10)11(9)15-19-13(2,3)14(4,5)20-15/h6-8,21H,1-5H3. The van der Waals surface area contributed by atoms with Crippen LogP contribution in [0.3, 0.4) is 0 Å². The summed E-state index contributed by atoms with van der Waals surface area (Å²) < 4.78 is 14.5. The van der Waals surface area contributed by atoms with Gasteiger partial charge in [0.25, 0.3) is 0 Å². The molecule has 1 unspecified atom stereocenters. The summed E-state index contributed by atoms with van der Waals surface area (Å²) in [5, 5.41) is 5.60. The zero-order valence-corrected chi connectivity index (χ0v) is 16.1. The van der Waals surface area contributed by atoms with Gasteiger partial charge in [0, 0.05) is 10.8 Å². The minimum atomic E-state index is -0.345. The lowest BCUT2D eigenvalue weighted by molar-refractivity contribution is 0.00578. The predicted molar refractivity (Wildman–Crippen MR) is 97.9 cm³/mol. The summed E-state index contributed by atoms with van der Waals surface area (Å²) in [6.45, 7) is 10.4. The van der Waals surface area contributed by atoms with Crippen molar-refractivity contribution in [3.63, 3.8) is 0 Å². The summed E-state index contributed by atoms with van der Waals surface area (Å²) in [4.78, 5) is 0. The van der Waals surface area contributed by atoms with Crippen LogP contribution in [0.4, 0.5) is 0 Å². The molecule has 4 nitrogen and oxygen atoms in total. The Hall–Kier alpha value is -0.165. The first kappa shape index (κ1) is 15.7. The molecule has 0 aliphatic carbocycles. The van der Waals surface area contributed by atoms with Gasteiger partial charge in [0.1, 0.15) is 0 Å². The lowest BCUT2D eigenvalue weighted by atomic mass is 9.75. The molecule has 0 spiro atoms. The maximum absolute atomic E-state index is 6.25. The molecule has 0 saturated carbocycles. The first-order valence-corrected chi connectivity index (χ1v) is 11.0. The van der Waals surface area contributed by atoms with Crippen LogP contribution in [0.15, 0.2) is 18.3 Å². The van der Waals surface area contributed by atoms with E-state index in [-0.39, 0.29) is 18.3 Å². The minimum Gasteiger partial charge on any atom is -0.399 e. The molecule has 2 heterocycles. The Morgan fingerprint density at radius 2 is 1.81 bits per heavy atom. The summed E-state index contributed by atoms with van der Waals surface area (Å²) >= 11 is 2.35. The molecule has 1 aliphatic heterocycles. The number of halogens is 1. The predicted octanol–water partition coefficient (Wildman–Crippen LogP) is 3.44. The first-order chi connectivity index (χ1) is 9.77. The quantitative estimate of drug-likeness (QED) is 0.428. The van der Waals surface area contributed by atoms with Crippen LogP contribution in [0.25, 0.3) is 10.9 Å². The number of aryl methyl sites for hydroxylation is 1. The van der Waals surface area contributed by atoms with Gasteiger partial charge in [-0.25, -0.2) is 4.45 Å². The normalized spacial score (nSPS) is 21.0. The molecule has 1 atom stereocenters. The van der Waals surface area contributed by atoms with Gasteiger partial charge in [0.2, 0.25) is 0 Å². The van der Waals surface area contributed by atoms with E-state index in [4.69, 9.17) is 9.31 Å². The topological polar surface area (TPSA) is 36.3 Å². The molecule has 0 radical (unpaired) electrons. The molecule has 7 heteroatoms. The van der Waals surface area contributed by atoms with Crippen molar-refractivity contribution >= 4 is 51.9 Å². The number of fused-ring (bicyclic) bond motifs is 1. The van der Waals surface area contributed by atoms with Crippen LogP contribution in [0.1, 0.15) is 33.3 Å². The van der Waals surface area contributed by atoms with Crippen molar-refractivity contribution in [2.75, 3.05) is 0 Å². The van der Waals surface area contributed by atoms with E-state index >= 15 is 0 Å². The van der Waals surface area contributed by atoms with E-state index in [1.54, 1.807) is 0 Å². The van der Waals surface area contributed by atoms with E-state index < -0.39 is 0 Å². The van der Waals surface area contributed by atoms with E-state index in [2.05, 4.69) is 73.9 Å². The van der Waals surface area contributed by atoms with Crippen molar-refractivity contribution in [1.82, 2.24) is 9.55 Å². The van der Waals surface area contributed by atoms with Crippen molar-refractivity contribution in [1.29, 1.82) is 0 Å². The van der Waals surface area contributed by atoms with Crippen LogP contribution in [0, 0.1) is 6.92 Å². The van der Waals surface area contributed by atoms with Crippen molar-refractivity contribution in [3.05, 3.63) is 23.9 Å². The molecule has 1 aromatic carbocycles. The molecular weight excluding hydrogens is 397 g/mol. The Balaban J connectivity index is 2.17. The number of nitrogens with zero attached hydrogens (tertiary/aromatic N) is 2. The Morgan fingerprint density at radius 3 is 2.38 bits per heavy atom. The van der Waals surface area contributed by atoms with Gasteiger partial charge in [0.05, 0.1) is 29.3 Å². The van der Waals surface area contributed by atoms with Gasteiger partial charge in [0.15, 0.2) is 0 Å². The maximum Gasteiger partial charge on any atom is 0.497 e. The van der Waals surface area contributed by atoms with Gasteiger partial charge in [-0.1, -0.05) is 12.1 Å². The fraction of sp³-hybridized carbons (Fsp3) is 0.500. The maximum atomic E-state index is 6.25. The van der Waals surface area contributed by atoms with Crippen LogP contribution in [-0.2, 0) is 9.31 Å². The smallest absolute Gasteiger partial charge is 0.399 e. The molecule has 0 amide bonds. The minimum absolute atomic E-state index is 0.330. The molecule has 3 rings (SSSR count). The molecule has 0 bridgehead atoms.